The highest BCUT2D eigenvalue weighted by molar-refractivity contribution is 7.14. The van der Waals surface area contributed by atoms with Gasteiger partial charge in [-0.1, -0.05) is 11.3 Å². The van der Waals surface area contributed by atoms with Crippen LogP contribution in [0.4, 0.5) is 5.00 Å². The van der Waals surface area contributed by atoms with Crippen LogP contribution in [0.15, 0.2) is 16.3 Å². The molecule has 0 aliphatic rings. The molecule has 2 aromatic heterocycles. The van der Waals surface area contributed by atoms with Crippen molar-refractivity contribution in [1.82, 2.24) is 4.98 Å². The van der Waals surface area contributed by atoms with E-state index in [1.807, 2.05) is 6.07 Å². The molecule has 0 atom stereocenters. The van der Waals surface area contributed by atoms with Gasteiger partial charge in [0.2, 0.25) is 0 Å². The van der Waals surface area contributed by atoms with E-state index in [-0.39, 0.29) is 10.6 Å². The van der Waals surface area contributed by atoms with Crippen molar-refractivity contribution in [3.8, 4) is 17.3 Å². The molecule has 2 aromatic rings. The van der Waals surface area contributed by atoms with Crippen molar-refractivity contribution in [3.05, 3.63) is 31.9 Å². The van der Waals surface area contributed by atoms with Gasteiger partial charge in [-0.3, -0.25) is 10.1 Å². The topological polar surface area (TPSA) is 79.8 Å². The third kappa shape index (κ3) is 1.60. The molecule has 0 bridgehead atoms. The van der Waals surface area contributed by atoms with E-state index in [0.29, 0.717) is 11.3 Å². The van der Waals surface area contributed by atoms with E-state index in [9.17, 15) is 10.1 Å². The van der Waals surface area contributed by atoms with Gasteiger partial charge in [0.1, 0.15) is 6.07 Å². The highest BCUT2D eigenvalue weighted by Crippen LogP contribution is 2.35. The van der Waals surface area contributed by atoms with Crippen LogP contribution in [0.3, 0.4) is 0 Å². The molecule has 2 heterocycles. The smallest absolute Gasteiger partial charge is 0.258 e. The van der Waals surface area contributed by atoms with E-state index in [2.05, 4.69) is 4.98 Å². The summed E-state index contributed by atoms with van der Waals surface area (Å²) in [6.45, 7) is 0. The standard InChI is InChI=1S/C8H3N3O2S2/c9-1-5-6(7-3-14-4-10-7)2-15-8(5)11(12)13/h2-4H. The van der Waals surface area contributed by atoms with Gasteiger partial charge < -0.3 is 0 Å². The number of thiophene rings is 1. The van der Waals surface area contributed by atoms with Crippen LogP contribution in [-0.2, 0) is 0 Å². The van der Waals surface area contributed by atoms with Crippen LogP contribution in [0.5, 0.6) is 0 Å². The zero-order valence-electron chi connectivity index (χ0n) is 7.21. The van der Waals surface area contributed by atoms with Crippen LogP contribution < -0.4 is 0 Å². The Morgan fingerprint density at radius 3 is 2.87 bits per heavy atom. The van der Waals surface area contributed by atoms with Crippen molar-refractivity contribution < 1.29 is 4.92 Å². The molecular weight excluding hydrogens is 234 g/mol. The Balaban J connectivity index is 2.61. The number of thiazole rings is 1. The summed E-state index contributed by atoms with van der Waals surface area (Å²) < 4.78 is 0. The zero-order chi connectivity index (χ0) is 10.8. The first-order chi connectivity index (χ1) is 7.24. The van der Waals surface area contributed by atoms with E-state index >= 15 is 0 Å². The van der Waals surface area contributed by atoms with Crippen LogP contribution in [0.2, 0.25) is 0 Å². The molecule has 74 valence electrons. The SMILES string of the molecule is N#Cc1c(-c2cscn2)csc1[N+](=O)[O-]. The minimum Gasteiger partial charge on any atom is -0.258 e. The second-order valence-corrected chi connectivity index (χ2v) is 4.15. The van der Waals surface area contributed by atoms with Gasteiger partial charge in [0.25, 0.3) is 0 Å². The van der Waals surface area contributed by atoms with Crippen molar-refractivity contribution in [2.75, 3.05) is 0 Å². The summed E-state index contributed by atoms with van der Waals surface area (Å²) in [5.74, 6) is 0. The van der Waals surface area contributed by atoms with Crippen molar-refractivity contribution in [2.45, 2.75) is 0 Å². The van der Waals surface area contributed by atoms with Crippen LogP contribution in [0, 0.1) is 21.4 Å². The van der Waals surface area contributed by atoms with Crippen molar-refractivity contribution in [3.63, 3.8) is 0 Å². The molecule has 0 fully saturated rings. The first kappa shape index (κ1) is 9.76. The van der Waals surface area contributed by atoms with Gasteiger partial charge in [0.05, 0.1) is 16.1 Å². The molecule has 5 nitrogen and oxygen atoms in total. The lowest BCUT2D eigenvalue weighted by atomic mass is 10.1. The molecule has 0 spiro atoms. The Kier molecular flexibility index (Phi) is 2.45. The number of hydrogen-bond donors (Lipinski definition) is 0. The molecule has 0 aromatic carbocycles. The second kappa shape index (κ2) is 3.76. The molecule has 0 unspecified atom stereocenters. The van der Waals surface area contributed by atoms with Gasteiger partial charge >= 0.3 is 5.00 Å². The molecule has 2 rings (SSSR count). The summed E-state index contributed by atoms with van der Waals surface area (Å²) >= 11 is 2.34. The molecule has 15 heavy (non-hydrogen) atoms. The average molecular weight is 237 g/mol. The fraction of sp³-hybridized carbons (Fsp3) is 0. The highest BCUT2D eigenvalue weighted by Gasteiger charge is 2.22. The first-order valence-electron chi connectivity index (χ1n) is 3.78. The summed E-state index contributed by atoms with van der Waals surface area (Å²) in [5, 5.41) is 22.7. The third-order valence-electron chi connectivity index (χ3n) is 1.76. The largest absolute Gasteiger partial charge is 0.342 e. The number of hydrogen-bond acceptors (Lipinski definition) is 6. The Labute approximate surface area is 92.4 Å². The minimum atomic E-state index is -0.543. The monoisotopic (exact) mass is 237 g/mol. The summed E-state index contributed by atoms with van der Waals surface area (Å²) in [6, 6.07) is 1.85. The Hall–Kier alpha value is -1.78. The maximum absolute atomic E-state index is 10.6. The minimum absolute atomic E-state index is 0.0934. The van der Waals surface area contributed by atoms with Crippen molar-refractivity contribution in [1.29, 1.82) is 5.26 Å². The predicted octanol–water partition coefficient (Wildman–Crippen LogP) is 2.65. The van der Waals surface area contributed by atoms with Crippen LogP contribution in [0.1, 0.15) is 5.56 Å². The number of rotatable bonds is 2. The lowest BCUT2D eigenvalue weighted by Gasteiger charge is -1.90. The van der Waals surface area contributed by atoms with Crippen molar-refractivity contribution >= 4 is 27.7 Å². The third-order valence-corrected chi connectivity index (χ3v) is 3.27. The fourth-order valence-electron chi connectivity index (χ4n) is 1.12. The Bertz CT molecular complexity index is 539. The van der Waals surface area contributed by atoms with Gasteiger partial charge in [-0.15, -0.1) is 11.3 Å². The van der Waals surface area contributed by atoms with Gasteiger partial charge in [0, 0.05) is 16.3 Å². The molecule has 0 N–H and O–H groups in total. The Morgan fingerprint density at radius 1 is 1.53 bits per heavy atom. The molecule has 0 saturated carbocycles. The van der Waals surface area contributed by atoms with E-state index in [1.54, 1.807) is 16.3 Å². The molecule has 7 heteroatoms. The average Bonchev–Trinajstić information content (AvgIpc) is 2.85. The quantitative estimate of drug-likeness (QED) is 0.594. The van der Waals surface area contributed by atoms with Gasteiger partial charge in [0.15, 0.2) is 5.56 Å². The molecule has 0 amide bonds. The lowest BCUT2D eigenvalue weighted by molar-refractivity contribution is -0.380. The zero-order valence-corrected chi connectivity index (χ0v) is 8.84. The molecule has 0 radical (unpaired) electrons. The van der Waals surface area contributed by atoms with E-state index in [0.717, 1.165) is 11.3 Å². The molecular formula is C8H3N3O2S2. The lowest BCUT2D eigenvalue weighted by Crippen LogP contribution is -1.87. The number of nitro groups is 1. The molecule has 0 saturated heterocycles. The van der Waals surface area contributed by atoms with Crippen molar-refractivity contribution in [2.24, 2.45) is 0 Å². The van der Waals surface area contributed by atoms with Crippen LogP contribution in [0.25, 0.3) is 11.3 Å². The number of aromatic nitrogens is 1. The maximum Gasteiger partial charge on any atom is 0.342 e. The summed E-state index contributed by atoms with van der Waals surface area (Å²) in [4.78, 5) is 14.1. The van der Waals surface area contributed by atoms with E-state index in [4.69, 9.17) is 5.26 Å². The Morgan fingerprint density at radius 2 is 2.33 bits per heavy atom. The second-order valence-electron chi connectivity index (χ2n) is 2.57. The van der Waals surface area contributed by atoms with Gasteiger partial charge in [-0.2, -0.15) is 5.26 Å². The number of nitrogens with zero attached hydrogens (tertiary/aromatic N) is 3. The predicted molar refractivity (Wildman–Crippen MR) is 56.8 cm³/mol. The fourth-order valence-corrected chi connectivity index (χ4v) is 2.50. The highest BCUT2D eigenvalue weighted by atomic mass is 32.1. The van der Waals surface area contributed by atoms with Gasteiger partial charge in [-0.25, -0.2) is 4.98 Å². The number of nitriles is 1. The maximum atomic E-state index is 10.6. The van der Waals surface area contributed by atoms with Gasteiger partial charge in [-0.05, 0) is 0 Å². The molecule has 0 aliphatic heterocycles. The summed E-state index contributed by atoms with van der Waals surface area (Å²) in [5.41, 5.74) is 2.87. The first-order valence-corrected chi connectivity index (χ1v) is 5.61. The van der Waals surface area contributed by atoms with E-state index < -0.39 is 4.92 Å². The molecule has 0 aliphatic carbocycles. The summed E-state index contributed by atoms with van der Waals surface area (Å²) in [7, 11) is 0. The normalized spacial score (nSPS) is 9.80. The van der Waals surface area contributed by atoms with E-state index in [1.165, 1.54) is 11.3 Å². The van der Waals surface area contributed by atoms with Crippen LogP contribution >= 0.6 is 22.7 Å². The summed E-state index contributed by atoms with van der Waals surface area (Å²) in [6.07, 6.45) is 0. The van der Waals surface area contributed by atoms with Crippen LogP contribution in [-0.4, -0.2) is 9.91 Å².